The molecule has 0 spiro atoms. The van der Waals surface area contributed by atoms with Gasteiger partial charge in [0.25, 0.3) is 0 Å². The highest BCUT2D eigenvalue weighted by Crippen LogP contribution is 2.36. The Balaban J connectivity index is 3.39. The first kappa shape index (κ1) is 32.1. The Morgan fingerprint density at radius 3 is 1.89 bits per heavy atom. The van der Waals surface area contributed by atoms with Gasteiger partial charge in [-0.1, -0.05) is 61.5 Å². The van der Waals surface area contributed by atoms with E-state index in [-0.39, 0.29) is 35.9 Å². The van der Waals surface area contributed by atoms with Crippen molar-refractivity contribution in [3.05, 3.63) is 23.8 Å². The minimum atomic E-state index is -1.33. The zero-order chi connectivity index (χ0) is 28.5. The lowest BCUT2D eigenvalue weighted by Crippen LogP contribution is -2.40. The topological polar surface area (TPSA) is 142 Å². The van der Waals surface area contributed by atoms with Crippen molar-refractivity contribution in [2.75, 3.05) is 6.61 Å². The average molecular weight is 522 g/mol. The first-order chi connectivity index (χ1) is 17.1. The number of hydrogen-bond donors (Lipinski definition) is 2. The van der Waals surface area contributed by atoms with Crippen LogP contribution < -0.4 is 15.2 Å². The van der Waals surface area contributed by atoms with Crippen molar-refractivity contribution in [1.29, 1.82) is 0 Å². The molecule has 5 atom stereocenters. The molecule has 1 rings (SSSR count). The molecule has 0 aromatic heterocycles. The van der Waals surface area contributed by atoms with Gasteiger partial charge in [-0.05, 0) is 41.9 Å². The third-order valence-electron chi connectivity index (χ3n) is 6.27. The van der Waals surface area contributed by atoms with Gasteiger partial charge in [-0.3, -0.25) is 19.2 Å². The Kier molecular flexibility index (Phi) is 12.2. The largest absolute Gasteiger partial charge is 0.480 e. The van der Waals surface area contributed by atoms with Crippen molar-refractivity contribution in [3.8, 4) is 11.5 Å². The Morgan fingerprint density at radius 1 is 0.919 bits per heavy atom. The fourth-order valence-electron chi connectivity index (χ4n) is 3.50. The molecule has 0 fully saturated rings. The molecule has 0 radical (unpaired) electrons. The molecular formula is C28H43NO8. The van der Waals surface area contributed by atoms with Crippen LogP contribution in [0.25, 0.3) is 0 Å². The molecule has 0 aliphatic rings. The molecule has 0 saturated carbocycles. The van der Waals surface area contributed by atoms with Crippen molar-refractivity contribution in [2.24, 2.45) is 28.9 Å². The van der Waals surface area contributed by atoms with Crippen molar-refractivity contribution in [1.82, 2.24) is 0 Å². The number of hydrogen-bond acceptors (Lipinski definition) is 8. The van der Waals surface area contributed by atoms with Crippen LogP contribution in [0.3, 0.4) is 0 Å². The smallest absolute Gasteiger partial charge is 0.321 e. The normalized spacial score (nSPS) is 15.6. The van der Waals surface area contributed by atoms with Crippen LogP contribution in [-0.4, -0.2) is 41.6 Å². The zero-order valence-electron chi connectivity index (χ0n) is 23.3. The summed E-state index contributed by atoms with van der Waals surface area (Å²) in [4.78, 5) is 49.1. The molecule has 0 heterocycles. The van der Waals surface area contributed by atoms with Gasteiger partial charge in [0.15, 0.2) is 11.5 Å². The number of carboxylic acids is 1. The van der Waals surface area contributed by atoms with Gasteiger partial charge in [-0.25, -0.2) is 0 Å². The molecule has 37 heavy (non-hydrogen) atoms. The Hall–Kier alpha value is -2.94. The lowest BCUT2D eigenvalue weighted by atomic mass is 9.82. The maximum absolute atomic E-state index is 12.6. The summed E-state index contributed by atoms with van der Waals surface area (Å²) in [7, 11) is 0. The van der Waals surface area contributed by atoms with Crippen molar-refractivity contribution in [3.63, 3.8) is 0 Å². The second kappa shape index (κ2) is 14.1. The molecule has 9 nitrogen and oxygen atoms in total. The second-order valence-corrected chi connectivity index (χ2v) is 11.0. The van der Waals surface area contributed by atoms with Gasteiger partial charge in [0.1, 0.15) is 6.04 Å². The van der Waals surface area contributed by atoms with E-state index in [9.17, 15) is 24.3 Å². The summed E-state index contributed by atoms with van der Waals surface area (Å²) >= 11 is 0. The highest BCUT2D eigenvalue weighted by molar-refractivity contribution is 5.79. The lowest BCUT2D eigenvalue weighted by Gasteiger charge is -2.28. The van der Waals surface area contributed by atoms with E-state index in [4.69, 9.17) is 19.9 Å². The molecule has 0 aliphatic heterocycles. The second-order valence-electron chi connectivity index (χ2n) is 11.0. The quantitative estimate of drug-likeness (QED) is 0.279. The van der Waals surface area contributed by atoms with E-state index in [1.54, 1.807) is 26.8 Å². The Bertz CT molecular complexity index is 952. The summed E-state index contributed by atoms with van der Waals surface area (Å²) in [6.45, 7) is 14.6. The van der Waals surface area contributed by atoms with Gasteiger partial charge in [-0.2, -0.15) is 0 Å². The first-order valence-corrected chi connectivity index (χ1v) is 12.8. The number of carbonyl (C=O) groups is 4. The molecular weight excluding hydrogens is 478 g/mol. The van der Waals surface area contributed by atoms with E-state index in [2.05, 4.69) is 0 Å². The molecule has 9 heteroatoms. The van der Waals surface area contributed by atoms with Crippen LogP contribution >= 0.6 is 0 Å². The summed E-state index contributed by atoms with van der Waals surface area (Å²) in [5, 5.41) is 9.69. The predicted molar refractivity (Wildman–Crippen MR) is 139 cm³/mol. The maximum atomic E-state index is 12.6. The van der Waals surface area contributed by atoms with Crippen LogP contribution in [-0.2, 0) is 23.9 Å². The van der Waals surface area contributed by atoms with Gasteiger partial charge in [0.05, 0.1) is 24.9 Å². The molecule has 1 aromatic rings. The Morgan fingerprint density at radius 2 is 1.43 bits per heavy atom. The highest BCUT2D eigenvalue weighted by Gasteiger charge is 2.33. The van der Waals surface area contributed by atoms with Crippen molar-refractivity contribution >= 4 is 23.9 Å². The number of ether oxygens (including phenoxy) is 3. The SMILES string of the molecule is CCC(C)C(=O)Oc1ccc(C(C(C)COC(=O)CC(C)(C)C)[C@H](N)C(=O)O)cc1OC(=O)C(C)CC. The third kappa shape index (κ3) is 10.1. The van der Waals surface area contributed by atoms with Gasteiger partial charge in [0, 0.05) is 5.92 Å². The lowest BCUT2D eigenvalue weighted by molar-refractivity contribution is -0.147. The third-order valence-corrected chi connectivity index (χ3v) is 6.27. The molecule has 4 unspecified atom stereocenters. The fourth-order valence-corrected chi connectivity index (χ4v) is 3.50. The van der Waals surface area contributed by atoms with Crippen LogP contribution in [0.4, 0.5) is 0 Å². The Labute approximate surface area is 220 Å². The van der Waals surface area contributed by atoms with Crippen molar-refractivity contribution < 1.29 is 38.5 Å². The minimum absolute atomic E-state index is 0.000954. The van der Waals surface area contributed by atoms with E-state index in [1.807, 2.05) is 34.6 Å². The first-order valence-electron chi connectivity index (χ1n) is 12.8. The van der Waals surface area contributed by atoms with Crippen LogP contribution in [0.2, 0.25) is 0 Å². The number of benzene rings is 1. The van der Waals surface area contributed by atoms with Crippen LogP contribution in [0.5, 0.6) is 11.5 Å². The molecule has 0 amide bonds. The van der Waals surface area contributed by atoms with Crippen LogP contribution in [0.15, 0.2) is 18.2 Å². The van der Waals surface area contributed by atoms with Crippen LogP contribution in [0.1, 0.15) is 86.1 Å². The number of aliphatic carboxylic acids is 1. The van der Waals surface area contributed by atoms with E-state index in [1.165, 1.54) is 12.1 Å². The zero-order valence-corrected chi connectivity index (χ0v) is 23.3. The summed E-state index contributed by atoms with van der Waals surface area (Å²) < 4.78 is 16.5. The fraction of sp³-hybridized carbons (Fsp3) is 0.643. The molecule has 0 bridgehead atoms. The summed E-state index contributed by atoms with van der Waals surface area (Å²) in [5.74, 6) is -4.61. The highest BCUT2D eigenvalue weighted by atomic mass is 16.6. The summed E-state index contributed by atoms with van der Waals surface area (Å²) in [5.41, 5.74) is 6.26. The van der Waals surface area contributed by atoms with Gasteiger partial charge in [-0.15, -0.1) is 0 Å². The molecule has 3 N–H and O–H groups in total. The van der Waals surface area contributed by atoms with Gasteiger partial charge in [0.2, 0.25) is 0 Å². The standard InChI is InChI=1S/C28H43NO8/c1-9-16(3)26(33)36-20-12-11-19(13-21(20)37-27(34)17(4)10-2)23(24(29)25(31)32)18(5)15-35-22(30)14-28(6,7)8/h11-13,16-18,23-24H,9-10,14-15,29H2,1-8H3,(H,31,32)/t16?,17?,18?,23?,24-/m0/s1. The molecule has 1 aromatic carbocycles. The summed E-state index contributed by atoms with van der Waals surface area (Å²) in [6.07, 6.45) is 1.32. The number of esters is 3. The van der Waals surface area contributed by atoms with Crippen LogP contribution in [0, 0.1) is 23.2 Å². The summed E-state index contributed by atoms with van der Waals surface area (Å²) in [6, 6.07) is 3.19. The van der Waals surface area contributed by atoms with Crippen molar-refractivity contribution in [2.45, 2.75) is 86.6 Å². The minimum Gasteiger partial charge on any atom is -0.480 e. The number of rotatable bonds is 13. The van der Waals surface area contributed by atoms with E-state index in [0.29, 0.717) is 18.4 Å². The number of carbonyl (C=O) groups excluding carboxylic acids is 3. The molecule has 0 aliphatic carbocycles. The average Bonchev–Trinajstić information content (AvgIpc) is 2.81. The molecule has 0 saturated heterocycles. The number of carboxylic acid groups (broad SMARTS) is 1. The maximum Gasteiger partial charge on any atom is 0.321 e. The van der Waals surface area contributed by atoms with E-state index >= 15 is 0 Å². The monoisotopic (exact) mass is 521 g/mol. The van der Waals surface area contributed by atoms with Gasteiger partial charge < -0.3 is 25.1 Å². The van der Waals surface area contributed by atoms with Gasteiger partial charge >= 0.3 is 23.9 Å². The van der Waals surface area contributed by atoms with E-state index < -0.39 is 47.7 Å². The van der Waals surface area contributed by atoms with E-state index in [0.717, 1.165) is 0 Å². The predicted octanol–water partition coefficient (Wildman–Crippen LogP) is 4.70. The number of nitrogens with two attached hydrogens (primary N) is 1. The molecule has 208 valence electrons.